The Morgan fingerprint density at radius 2 is 1.86 bits per heavy atom. The van der Waals surface area contributed by atoms with Crippen molar-refractivity contribution < 1.29 is 9.59 Å². The maximum atomic E-state index is 11.1. The number of hydrogen-bond acceptors (Lipinski definition) is 4. The predicted octanol–water partition coefficient (Wildman–Crippen LogP) is 0.0864. The monoisotopic (exact) mass is 216 g/mol. The van der Waals surface area contributed by atoms with Gasteiger partial charge in [0.2, 0.25) is 11.8 Å². The number of rotatable bonds is 3. The molecule has 1 saturated heterocycles. The van der Waals surface area contributed by atoms with Crippen LogP contribution in [0.4, 0.5) is 0 Å². The molecule has 1 aliphatic rings. The van der Waals surface area contributed by atoms with Gasteiger partial charge in [0.05, 0.1) is 13.1 Å². The highest BCUT2D eigenvalue weighted by Crippen LogP contribution is 2.22. The molecule has 0 atom stereocenters. The number of nitrogens with one attached hydrogen (secondary N) is 1. The van der Waals surface area contributed by atoms with Crippen molar-refractivity contribution in [2.45, 2.75) is 18.6 Å². The molecule has 0 radical (unpaired) electrons. The van der Waals surface area contributed by atoms with Crippen LogP contribution < -0.4 is 5.32 Å². The van der Waals surface area contributed by atoms with Gasteiger partial charge in [0.25, 0.3) is 0 Å². The molecule has 80 valence electrons. The van der Waals surface area contributed by atoms with Crippen molar-refractivity contribution >= 4 is 23.6 Å². The van der Waals surface area contributed by atoms with Gasteiger partial charge in [-0.15, -0.1) is 0 Å². The van der Waals surface area contributed by atoms with Crippen molar-refractivity contribution in [2.24, 2.45) is 0 Å². The first kappa shape index (κ1) is 11.5. The van der Waals surface area contributed by atoms with E-state index in [-0.39, 0.29) is 16.6 Å². The number of hydrogen-bond donors (Lipinski definition) is 1. The lowest BCUT2D eigenvalue weighted by Crippen LogP contribution is -2.53. The Kier molecular flexibility index (Phi) is 3.55. The highest BCUT2D eigenvalue weighted by molar-refractivity contribution is 7.99. The quantitative estimate of drug-likeness (QED) is 0.679. The van der Waals surface area contributed by atoms with Gasteiger partial charge in [-0.1, -0.05) is 0 Å². The fraction of sp³-hybridized carbons (Fsp3) is 0.778. The summed E-state index contributed by atoms with van der Waals surface area (Å²) in [6.07, 6.45) is 2.03. The van der Waals surface area contributed by atoms with Gasteiger partial charge in [0.15, 0.2) is 0 Å². The molecule has 0 aromatic rings. The highest BCUT2D eigenvalue weighted by Gasteiger charge is 2.27. The van der Waals surface area contributed by atoms with Gasteiger partial charge >= 0.3 is 0 Å². The van der Waals surface area contributed by atoms with Gasteiger partial charge in [-0.05, 0) is 20.1 Å². The summed E-state index contributed by atoms with van der Waals surface area (Å²) in [5, 5.41) is 2.29. The van der Waals surface area contributed by atoms with E-state index in [4.69, 9.17) is 0 Å². The zero-order valence-corrected chi connectivity index (χ0v) is 9.61. The minimum absolute atomic E-state index is 0.0812. The molecular formula is C9H16N2O2S. The Morgan fingerprint density at radius 3 is 2.29 bits per heavy atom. The lowest BCUT2D eigenvalue weighted by Gasteiger charge is -2.32. The predicted molar refractivity (Wildman–Crippen MR) is 57.2 cm³/mol. The Labute approximate surface area is 88.4 Å². The molecule has 1 rings (SSSR count). The zero-order valence-electron chi connectivity index (χ0n) is 8.79. The van der Waals surface area contributed by atoms with E-state index < -0.39 is 0 Å². The lowest BCUT2D eigenvalue weighted by atomic mass is 10.2. The average Bonchev–Trinajstić information content (AvgIpc) is 2.01. The topological polar surface area (TPSA) is 49.4 Å². The SMILES string of the molecule is CSC(C)(C)CN1CC(=O)NC(=O)C1. The van der Waals surface area contributed by atoms with Crippen LogP contribution in [0.5, 0.6) is 0 Å². The van der Waals surface area contributed by atoms with Crippen LogP contribution in [0.3, 0.4) is 0 Å². The van der Waals surface area contributed by atoms with Crippen molar-refractivity contribution in [2.75, 3.05) is 25.9 Å². The second-order valence-electron chi connectivity index (χ2n) is 4.08. The van der Waals surface area contributed by atoms with E-state index in [0.717, 1.165) is 6.54 Å². The second-order valence-corrected chi connectivity index (χ2v) is 5.59. The van der Waals surface area contributed by atoms with Crippen LogP contribution in [0.25, 0.3) is 0 Å². The van der Waals surface area contributed by atoms with Crippen LogP contribution in [0.2, 0.25) is 0 Å². The molecule has 2 amide bonds. The summed E-state index contributed by atoms with van der Waals surface area (Å²) in [5.41, 5.74) is 0. The number of nitrogens with zero attached hydrogens (tertiary/aromatic N) is 1. The van der Waals surface area contributed by atoms with E-state index >= 15 is 0 Å². The first-order valence-electron chi connectivity index (χ1n) is 4.53. The third-order valence-corrected chi connectivity index (χ3v) is 3.40. The summed E-state index contributed by atoms with van der Waals surface area (Å²) in [7, 11) is 0. The van der Waals surface area contributed by atoms with E-state index in [1.54, 1.807) is 11.8 Å². The highest BCUT2D eigenvalue weighted by atomic mass is 32.2. The van der Waals surface area contributed by atoms with Crippen molar-refractivity contribution in [1.29, 1.82) is 0 Å². The van der Waals surface area contributed by atoms with E-state index in [1.807, 2.05) is 11.2 Å². The Hall–Kier alpha value is -0.550. The molecule has 0 aromatic heterocycles. The molecule has 14 heavy (non-hydrogen) atoms. The third-order valence-electron chi connectivity index (χ3n) is 2.17. The van der Waals surface area contributed by atoms with Crippen LogP contribution in [-0.4, -0.2) is 47.4 Å². The number of piperazine rings is 1. The minimum atomic E-state index is -0.196. The summed E-state index contributed by atoms with van der Waals surface area (Å²) in [6, 6.07) is 0. The van der Waals surface area contributed by atoms with Crippen molar-refractivity contribution in [1.82, 2.24) is 10.2 Å². The molecule has 0 unspecified atom stereocenters. The molecule has 4 nitrogen and oxygen atoms in total. The minimum Gasteiger partial charge on any atom is -0.294 e. The van der Waals surface area contributed by atoms with Crippen LogP contribution in [0, 0.1) is 0 Å². The summed E-state index contributed by atoms with van der Waals surface area (Å²) in [5.74, 6) is -0.392. The lowest BCUT2D eigenvalue weighted by molar-refractivity contribution is -0.136. The first-order valence-corrected chi connectivity index (χ1v) is 5.75. The fourth-order valence-electron chi connectivity index (χ4n) is 1.41. The third kappa shape index (κ3) is 3.31. The first-order chi connectivity index (χ1) is 6.43. The zero-order chi connectivity index (χ0) is 10.8. The molecule has 0 aromatic carbocycles. The molecule has 1 fully saturated rings. The van der Waals surface area contributed by atoms with E-state index in [9.17, 15) is 9.59 Å². The van der Waals surface area contributed by atoms with Crippen molar-refractivity contribution in [3.63, 3.8) is 0 Å². The van der Waals surface area contributed by atoms with Crippen LogP contribution in [0.1, 0.15) is 13.8 Å². The molecule has 0 bridgehead atoms. The van der Waals surface area contributed by atoms with E-state index in [0.29, 0.717) is 13.1 Å². The number of thioether (sulfide) groups is 1. The van der Waals surface area contributed by atoms with Crippen LogP contribution in [-0.2, 0) is 9.59 Å². The Bertz CT molecular complexity index is 237. The average molecular weight is 216 g/mol. The van der Waals surface area contributed by atoms with Crippen LogP contribution >= 0.6 is 11.8 Å². The summed E-state index contributed by atoms with van der Waals surface area (Å²) in [4.78, 5) is 24.0. The number of amides is 2. The van der Waals surface area contributed by atoms with Crippen molar-refractivity contribution in [3.8, 4) is 0 Å². The normalized spacial score (nSPS) is 19.6. The smallest absolute Gasteiger partial charge is 0.240 e. The van der Waals surface area contributed by atoms with Gasteiger partial charge in [-0.25, -0.2) is 0 Å². The van der Waals surface area contributed by atoms with Gasteiger partial charge in [-0.2, -0.15) is 11.8 Å². The van der Waals surface area contributed by atoms with Gasteiger partial charge in [0.1, 0.15) is 0 Å². The number of carbonyl (C=O) groups excluding carboxylic acids is 2. The van der Waals surface area contributed by atoms with Crippen LogP contribution in [0.15, 0.2) is 0 Å². The number of imide groups is 1. The number of carbonyl (C=O) groups is 2. The molecule has 1 N–H and O–H groups in total. The van der Waals surface area contributed by atoms with Gasteiger partial charge in [-0.3, -0.25) is 19.8 Å². The summed E-state index contributed by atoms with van der Waals surface area (Å²) < 4.78 is 0.0812. The Morgan fingerprint density at radius 1 is 1.36 bits per heavy atom. The maximum absolute atomic E-state index is 11.1. The molecule has 0 aliphatic carbocycles. The molecular weight excluding hydrogens is 200 g/mol. The standard InChI is InChI=1S/C9H16N2O2S/c1-9(2,14-3)6-11-4-7(12)10-8(13)5-11/h4-6H2,1-3H3,(H,10,12,13). The van der Waals surface area contributed by atoms with E-state index in [1.165, 1.54) is 0 Å². The van der Waals surface area contributed by atoms with Gasteiger partial charge < -0.3 is 0 Å². The van der Waals surface area contributed by atoms with Gasteiger partial charge in [0, 0.05) is 11.3 Å². The summed E-state index contributed by atoms with van der Waals surface area (Å²) >= 11 is 1.74. The van der Waals surface area contributed by atoms with Crippen molar-refractivity contribution in [3.05, 3.63) is 0 Å². The summed E-state index contributed by atoms with van der Waals surface area (Å²) in [6.45, 7) is 5.63. The molecule has 0 spiro atoms. The Balaban J connectivity index is 2.52. The molecule has 1 heterocycles. The largest absolute Gasteiger partial charge is 0.294 e. The fourth-order valence-corrected chi connectivity index (χ4v) is 1.72. The second kappa shape index (κ2) is 4.31. The molecule has 5 heteroatoms. The molecule has 1 aliphatic heterocycles. The van der Waals surface area contributed by atoms with E-state index in [2.05, 4.69) is 19.2 Å². The molecule has 0 saturated carbocycles. The maximum Gasteiger partial charge on any atom is 0.240 e.